The summed E-state index contributed by atoms with van der Waals surface area (Å²) in [5.74, 6) is -0.403. The number of carbonyl (C=O) groups excluding carboxylic acids is 1. The molecule has 132 valence electrons. The number of aliphatic carboxylic acids is 1. The molecular weight excluding hydrogens is 340 g/mol. The Bertz CT molecular complexity index is 706. The second-order valence-corrected chi connectivity index (χ2v) is 7.03. The van der Waals surface area contributed by atoms with Gasteiger partial charge in [-0.3, -0.25) is 14.6 Å². The van der Waals surface area contributed by atoms with Gasteiger partial charge in [0.15, 0.2) is 5.17 Å². The van der Waals surface area contributed by atoms with E-state index < -0.39 is 5.97 Å². The summed E-state index contributed by atoms with van der Waals surface area (Å²) in [5.41, 5.74) is 0.880. The van der Waals surface area contributed by atoms with E-state index in [4.69, 9.17) is 9.84 Å². The first kappa shape index (κ1) is 17.5. The van der Waals surface area contributed by atoms with E-state index in [0.717, 1.165) is 18.4 Å². The number of rotatable bonds is 6. The highest BCUT2D eigenvalue weighted by Gasteiger charge is 2.25. The summed E-state index contributed by atoms with van der Waals surface area (Å²) < 4.78 is 5.35. The largest absolute Gasteiger partial charge is 0.493 e. The van der Waals surface area contributed by atoms with Crippen LogP contribution in [0.25, 0.3) is 6.08 Å². The van der Waals surface area contributed by atoms with E-state index in [1.54, 1.807) is 12.1 Å². The Labute approximate surface area is 150 Å². The summed E-state index contributed by atoms with van der Waals surface area (Å²) in [6.07, 6.45) is 6.40. The number of carbonyl (C=O) groups is 2. The van der Waals surface area contributed by atoms with Crippen LogP contribution in [0.5, 0.6) is 5.75 Å². The summed E-state index contributed by atoms with van der Waals surface area (Å²) in [7, 11) is 0. The zero-order chi connectivity index (χ0) is 17.6. The van der Waals surface area contributed by atoms with Gasteiger partial charge < -0.3 is 15.2 Å². The number of nitrogens with one attached hydrogen (secondary N) is 1. The Hall–Kier alpha value is -2.28. The first-order valence-corrected chi connectivity index (χ1v) is 9.15. The normalized spacial score (nSPS) is 21.0. The zero-order valence-electron chi connectivity index (χ0n) is 13.7. The van der Waals surface area contributed by atoms with Crippen LogP contribution in [0.4, 0.5) is 0 Å². The van der Waals surface area contributed by atoms with Gasteiger partial charge in [0.05, 0.1) is 24.0 Å². The highest BCUT2D eigenvalue weighted by Crippen LogP contribution is 2.29. The quantitative estimate of drug-likeness (QED) is 0.761. The lowest BCUT2D eigenvalue weighted by molar-refractivity contribution is -0.137. The maximum Gasteiger partial charge on any atom is 0.306 e. The van der Waals surface area contributed by atoms with Gasteiger partial charge in [-0.15, -0.1) is 0 Å². The van der Waals surface area contributed by atoms with Gasteiger partial charge in [-0.05, 0) is 48.4 Å². The van der Waals surface area contributed by atoms with Crippen molar-refractivity contribution >= 4 is 34.9 Å². The number of thioether (sulfide) groups is 1. The van der Waals surface area contributed by atoms with E-state index in [1.165, 1.54) is 24.6 Å². The van der Waals surface area contributed by atoms with Crippen molar-refractivity contribution in [3.8, 4) is 5.75 Å². The van der Waals surface area contributed by atoms with Crippen molar-refractivity contribution in [1.82, 2.24) is 5.32 Å². The van der Waals surface area contributed by atoms with E-state index in [0.29, 0.717) is 21.9 Å². The Balaban J connectivity index is 1.60. The monoisotopic (exact) mass is 360 g/mol. The van der Waals surface area contributed by atoms with Crippen molar-refractivity contribution in [3.05, 3.63) is 34.7 Å². The molecule has 0 radical (unpaired) electrons. The third-order valence-corrected chi connectivity index (χ3v) is 4.96. The molecule has 2 aliphatic rings. The second kappa shape index (κ2) is 8.20. The van der Waals surface area contributed by atoms with Gasteiger partial charge in [0.2, 0.25) is 0 Å². The van der Waals surface area contributed by atoms with Gasteiger partial charge in [-0.1, -0.05) is 25.0 Å². The molecule has 1 saturated carbocycles. The molecular formula is C18H20N2O4S. The predicted octanol–water partition coefficient (Wildman–Crippen LogP) is 3.04. The highest BCUT2D eigenvalue weighted by atomic mass is 32.2. The number of amidine groups is 1. The van der Waals surface area contributed by atoms with Gasteiger partial charge in [-0.25, -0.2) is 0 Å². The molecule has 1 aromatic rings. The molecule has 1 amide bonds. The number of ether oxygens (including phenoxy) is 1. The van der Waals surface area contributed by atoms with E-state index in [9.17, 15) is 9.59 Å². The van der Waals surface area contributed by atoms with Gasteiger partial charge in [0.1, 0.15) is 5.75 Å². The number of amides is 1. The Kier molecular flexibility index (Phi) is 5.75. The van der Waals surface area contributed by atoms with E-state index in [-0.39, 0.29) is 18.9 Å². The van der Waals surface area contributed by atoms with Crippen molar-refractivity contribution in [3.63, 3.8) is 0 Å². The van der Waals surface area contributed by atoms with E-state index in [2.05, 4.69) is 10.3 Å². The van der Waals surface area contributed by atoms with Crippen molar-refractivity contribution in [2.75, 3.05) is 6.61 Å². The molecule has 7 heteroatoms. The van der Waals surface area contributed by atoms with Crippen molar-refractivity contribution in [1.29, 1.82) is 0 Å². The van der Waals surface area contributed by atoms with Crippen LogP contribution in [0.3, 0.4) is 0 Å². The molecule has 2 N–H and O–H groups in total. The summed E-state index contributed by atoms with van der Waals surface area (Å²) in [5, 5.41) is 12.1. The predicted molar refractivity (Wildman–Crippen MR) is 97.6 cm³/mol. The molecule has 1 aliphatic heterocycles. The number of benzene rings is 1. The molecule has 1 aliphatic carbocycles. The summed E-state index contributed by atoms with van der Waals surface area (Å²) in [4.78, 5) is 27.8. The average Bonchev–Trinajstić information content (AvgIpc) is 3.19. The maximum absolute atomic E-state index is 12.1. The van der Waals surface area contributed by atoms with E-state index in [1.807, 2.05) is 18.2 Å². The smallest absolute Gasteiger partial charge is 0.306 e. The van der Waals surface area contributed by atoms with Crippen molar-refractivity contribution < 1.29 is 19.4 Å². The van der Waals surface area contributed by atoms with Crippen molar-refractivity contribution in [2.24, 2.45) is 4.99 Å². The van der Waals surface area contributed by atoms with Crippen LogP contribution in [0.1, 0.15) is 37.7 Å². The first-order valence-electron chi connectivity index (χ1n) is 8.33. The molecule has 1 heterocycles. The lowest BCUT2D eigenvalue weighted by Gasteiger charge is -2.04. The minimum absolute atomic E-state index is 0.0360. The maximum atomic E-state index is 12.1. The van der Waals surface area contributed by atoms with Crippen LogP contribution in [-0.4, -0.2) is 34.8 Å². The minimum Gasteiger partial charge on any atom is -0.493 e. The fraction of sp³-hybridized carbons (Fsp3) is 0.389. The van der Waals surface area contributed by atoms with Crippen LogP contribution < -0.4 is 10.1 Å². The molecule has 0 aromatic heterocycles. The zero-order valence-corrected chi connectivity index (χ0v) is 14.6. The fourth-order valence-corrected chi connectivity index (χ4v) is 3.65. The fourth-order valence-electron chi connectivity index (χ4n) is 2.76. The third-order valence-electron chi connectivity index (χ3n) is 4.04. The Morgan fingerprint density at radius 2 is 2.04 bits per heavy atom. The standard InChI is InChI=1S/C18H20N2O4S/c21-16(22)9-10-24-14-7-5-12(6-8-14)11-15-17(23)20-18(25-15)19-13-3-1-2-4-13/h5-8,11,13H,1-4,9-10H2,(H,21,22)(H,19,20,23)/b15-11+. The molecule has 0 unspecified atom stereocenters. The summed E-state index contributed by atoms with van der Waals surface area (Å²) in [6, 6.07) is 7.54. The molecule has 0 atom stereocenters. The molecule has 1 aromatic carbocycles. The number of hydrogen-bond acceptors (Lipinski definition) is 5. The molecule has 3 rings (SSSR count). The van der Waals surface area contributed by atoms with Crippen LogP contribution in [0.2, 0.25) is 0 Å². The van der Waals surface area contributed by atoms with Gasteiger partial charge >= 0.3 is 5.97 Å². The van der Waals surface area contributed by atoms with Crippen LogP contribution in [0, 0.1) is 0 Å². The molecule has 0 bridgehead atoms. The highest BCUT2D eigenvalue weighted by molar-refractivity contribution is 8.18. The van der Waals surface area contributed by atoms with E-state index >= 15 is 0 Å². The molecule has 2 fully saturated rings. The Morgan fingerprint density at radius 3 is 2.72 bits per heavy atom. The van der Waals surface area contributed by atoms with Gasteiger partial charge in [-0.2, -0.15) is 0 Å². The number of hydrogen-bond donors (Lipinski definition) is 2. The number of nitrogens with zero attached hydrogens (tertiary/aromatic N) is 1. The SMILES string of the molecule is O=C(O)CCOc1ccc(/C=C2/SC(=NC3CCCC3)NC2=O)cc1. The van der Waals surface area contributed by atoms with Gasteiger partial charge in [0, 0.05) is 0 Å². The molecule has 25 heavy (non-hydrogen) atoms. The summed E-state index contributed by atoms with van der Waals surface area (Å²) in [6.45, 7) is 0.134. The van der Waals surface area contributed by atoms with Crippen molar-refractivity contribution in [2.45, 2.75) is 38.1 Å². The molecule has 1 saturated heterocycles. The molecule has 0 spiro atoms. The number of aliphatic imine (C=N–C) groups is 1. The Morgan fingerprint density at radius 1 is 1.32 bits per heavy atom. The lowest BCUT2D eigenvalue weighted by atomic mass is 10.2. The van der Waals surface area contributed by atoms with Crippen LogP contribution >= 0.6 is 11.8 Å². The second-order valence-electron chi connectivity index (χ2n) is 6.00. The number of carboxylic acid groups (broad SMARTS) is 1. The molecule has 6 nitrogen and oxygen atoms in total. The van der Waals surface area contributed by atoms with Crippen LogP contribution in [-0.2, 0) is 9.59 Å². The lowest BCUT2D eigenvalue weighted by Crippen LogP contribution is -2.21. The third kappa shape index (κ3) is 5.09. The topological polar surface area (TPSA) is 88.0 Å². The number of carboxylic acids is 1. The minimum atomic E-state index is -0.888. The summed E-state index contributed by atoms with van der Waals surface area (Å²) >= 11 is 1.38. The average molecular weight is 360 g/mol. The first-order chi connectivity index (χ1) is 12.1. The van der Waals surface area contributed by atoms with Gasteiger partial charge in [0.25, 0.3) is 5.91 Å². The van der Waals surface area contributed by atoms with Crippen LogP contribution in [0.15, 0.2) is 34.2 Å².